The minimum absolute atomic E-state index is 0.606. The lowest BCUT2D eigenvalue weighted by molar-refractivity contribution is 0.373. The Bertz CT molecular complexity index is 414. The molecule has 0 N–H and O–H groups in total. The van der Waals surface area contributed by atoms with Gasteiger partial charge in [-0.05, 0) is 12.1 Å². The highest BCUT2D eigenvalue weighted by molar-refractivity contribution is 7.86. The van der Waals surface area contributed by atoms with E-state index in [1.54, 1.807) is 0 Å². The number of halogens is 2. The highest BCUT2D eigenvalue weighted by Crippen LogP contribution is 2.27. The lowest BCUT2D eigenvalue weighted by Crippen LogP contribution is -1.98. The average molecular weight is 208 g/mol. The maximum Gasteiger partial charge on any atom is 0.335 e. The average Bonchev–Trinajstić information content (AvgIpc) is 2.02. The van der Waals surface area contributed by atoms with Crippen LogP contribution in [-0.4, -0.2) is 15.5 Å². The molecule has 0 amide bonds. The van der Waals surface area contributed by atoms with Crippen molar-refractivity contribution >= 4 is 10.2 Å². The van der Waals surface area contributed by atoms with Crippen molar-refractivity contribution in [3.05, 3.63) is 24.0 Å². The molecular formula is C7H6F2O3S. The van der Waals surface area contributed by atoms with E-state index in [9.17, 15) is 16.7 Å². The van der Waals surface area contributed by atoms with Gasteiger partial charge < -0.3 is 4.74 Å². The maximum absolute atomic E-state index is 12.8. The van der Waals surface area contributed by atoms with Crippen molar-refractivity contribution in [2.45, 2.75) is 4.90 Å². The second kappa shape index (κ2) is 3.29. The highest BCUT2D eigenvalue weighted by Gasteiger charge is 2.20. The molecule has 0 unspecified atom stereocenters. The standard InChI is InChI=1S/C7H6F2O3S/c1-12-7-5(8)3-2-4-6(7)13(9,10)11/h2-4H,1H3. The molecule has 1 rings (SSSR count). The Kier molecular flexibility index (Phi) is 2.51. The van der Waals surface area contributed by atoms with Crippen LogP contribution in [0.15, 0.2) is 23.1 Å². The van der Waals surface area contributed by atoms with Crippen LogP contribution in [0.3, 0.4) is 0 Å². The molecule has 3 nitrogen and oxygen atoms in total. The Hall–Kier alpha value is -1.17. The molecule has 1 aromatic carbocycles. The van der Waals surface area contributed by atoms with Crippen LogP contribution in [0.5, 0.6) is 5.75 Å². The van der Waals surface area contributed by atoms with Crippen LogP contribution in [0.1, 0.15) is 0 Å². The fraction of sp³-hybridized carbons (Fsp3) is 0.143. The summed E-state index contributed by atoms with van der Waals surface area (Å²) >= 11 is 0. The van der Waals surface area contributed by atoms with Crippen molar-refractivity contribution in [2.75, 3.05) is 7.11 Å². The molecular weight excluding hydrogens is 202 g/mol. The van der Waals surface area contributed by atoms with E-state index in [2.05, 4.69) is 4.74 Å². The van der Waals surface area contributed by atoms with Gasteiger partial charge in [-0.15, -0.1) is 3.89 Å². The van der Waals surface area contributed by atoms with Crippen molar-refractivity contribution < 1.29 is 21.4 Å². The third-order valence-electron chi connectivity index (χ3n) is 1.40. The zero-order chi connectivity index (χ0) is 10.1. The van der Waals surface area contributed by atoms with Crippen molar-refractivity contribution in [3.63, 3.8) is 0 Å². The lowest BCUT2D eigenvalue weighted by atomic mass is 10.3. The van der Waals surface area contributed by atoms with E-state index >= 15 is 0 Å². The van der Waals surface area contributed by atoms with Crippen LogP contribution in [0.4, 0.5) is 8.28 Å². The Labute approximate surface area is 74.2 Å². The van der Waals surface area contributed by atoms with Gasteiger partial charge in [0.15, 0.2) is 11.6 Å². The summed E-state index contributed by atoms with van der Waals surface area (Å²) in [5.41, 5.74) is 0. The van der Waals surface area contributed by atoms with Crippen LogP contribution in [0, 0.1) is 5.82 Å². The smallest absolute Gasteiger partial charge is 0.335 e. The first-order valence-electron chi connectivity index (χ1n) is 3.24. The molecule has 0 aliphatic carbocycles. The van der Waals surface area contributed by atoms with E-state index in [0.717, 1.165) is 25.3 Å². The van der Waals surface area contributed by atoms with Gasteiger partial charge in [-0.1, -0.05) is 6.07 Å². The van der Waals surface area contributed by atoms with Crippen LogP contribution >= 0.6 is 0 Å². The third-order valence-corrected chi connectivity index (χ3v) is 2.24. The van der Waals surface area contributed by atoms with Gasteiger partial charge in [0.1, 0.15) is 4.90 Å². The molecule has 1 aromatic rings. The van der Waals surface area contributed by atoms with Crippen LogP contribution < -0.4 is 4.74 Å². The van der Waals surface area contributed by atoms with Crippen molar-refractivity contribution in [1.29, 1.82) is 0 Å². The van der Waals surface area contributed by atoms with Gasteiger partial charge in [-0.25, -0.2) is 4.39 Å². The molecule has 0 spiro atoms. The van der Waals surface area contributed by atoms with Crippen molar-refractivity contribution in [3.8, 4) is 5.75 Å². The number of hydrogen-bond donors (Lipinski definition) is 0. The fourth-order valence-electron chi connectivity index (χ4n) is 0.879. The predicted octanol–water partition coefficient (Wildman–Crippen LogP) is 1.49. The van der Waals surface area contributed by atoms with E-state index in [1.165, 1.54) is 0 Å². The predicted molar refractivity (Wildman–Crippen MR) is 41.2 cm³/mol. The third kappa shape index (κ3) is 1.95. The normalized spacial score (nSPS) is 11.3. The summed E-state index contributed by atoms with van der Waals surface area (Å²) in [7, 11) is -3.87. The van der Waals surface area contributed by atoms with E-state index in [1.807, 2.05) is 0 Å². The van der Waals surface area contributed by atoms with Crippen molar-refractivity contribution in [1.82, 2.24) is 0 Å². The summed E-state index contributed by atoms with van der Waals surface area (Å²) in [4.78, 5) is -0.796. The lowest BCUT2D eigenvalue weighted by Gasteiger charge is -2.04. The topological polar surface area (TPSA) is 43.4 Å². The first-order chi connectivity index (χ1) is 5.96. The van der Waals surface area contributed by atoms with E-state index in [0.29, 0.717) is 0 Å². The molecule has 0 fully saturated rings. The quantitative estimate of drug-likeness (QED) is 0.691. The minimum Gasteiger partial charge on any atom is -0.492 e. The van der Waals surface area contributed by atoms with E-state index < -0.39 is 26.7 Å². The Morgan fingerprint density at radius 1 is 1.38 bits per heavy atom. The monoisotopic (exact) mass is 208 g/mol. The molecule has 72 valence electrons. The molecule has 0 aliphatic heterocycles. The molecule has 0 saturated carbocycles. The van der Waals surface area contributed by atoms with Crippen LogP contribution in [0.2, 0.25) is 0 Å². The summed E-state index contributed by atoms with van der Waals surface area (Å²) in [6, 6.07) is 3.00. The SMILES string of the molecule is COc1c(F)cccc1S(=O)(=O)F. The number of para-hydroxylation sites is 1. The first-order valence-corrected chi connectivity index (χ1v) is 4.62. The molecule has 13 heavy (non-hydrogen) atoms. The number of rotatable bonds is 2. The summed E-state index contributed by atoms with van der Waals surface area (Å²) < 4.78 is 50.6. The Morgan fingerprint density at radius 3 is 2.38 bits per heavy atom. The zero-order valence-electron chi connectivity index (χ0n) is 6.62. The summed E-state index contributed by atoms with van der Waals surface area (Å²) in [5.74, 6) is -1.52. The minimum atomic E-state index is -4.93. The largest absolute Gasteiger partial charge is 0.492 e. The van der Waals surface area contributed by atoms with Gasteiger partial charge >= 0.3 is 10.2 Å². The molecule has 0 saturated heterocycles. The van der Waals surface area contributed by atoms with Gasteiger partial charge in [0.2, 0.25) is 0 Å². The molecule has 0 radical (unpaired) electrons. The van der Waals surface area contributed by atoms with Crippen LogP contribution in [0.25, 0.3) is 0 Å². The number of ether oxygens (including phenoxy) is 1. The molecule has 0 atom stereocenters. The van der Waals surface area contributed by atoms with Gasteiger partial charge in [0, 0.05) is 0 Å². The number of hydrogen-bond acceptors (Lipinski definition) is 3. The zero-order valence-corrected chi connectivity index (χ0v) is 7.44. The van der Waals surface area contributed by atoms with Gasteiger partial charge in [-0.3, -0.25) is 0 Å². The second-order valence-electron chi connectivity index (χ2n) is 2.21. The molecule has 6 heteroatoms. The van der Waals surface area contributed by atoms with Gasteiger partial charge in [0.25, 0.3) is 0 Å². The van der Waals surface area contributed by atoms with Crippen molar-refractivity contribution in [2.24, 2.45) is 0 Å². The Morgan fingerprint density at radius 2 is 2.00 bits per heavy atom. The van der Waals surface area contributed by atoms with Crippen LogP contribution in [-0.2, 0) is 10.2 Å². The summed E-state index contributed by atoms with van der Waals surface area (Å²) in [5, 5.41) is 0. The van der Waals surface area contributed by atoms with E-state index in [-0.39, 0.29) is 0 Å². The highest BCUT2D eigenvalue weighted by atomic mass is 32.3. The first kappa shape index (κ1) is 9.91. The number of methoxy groups -OCH3 is 1. The molecule has 0 bridgehead atoms. The Balaban J connectivity index is 3.47. The molecule has 0 heterocycles. The molecule has 0 aliphatic rings. The summed E-state index contributed by atoms with van der Waals surface area (Å²) in [6.45, 7) is 0. The fourth-order valence-corrected chi connectivity index (χ4v) is 1.52. The van der Waals surface area contributed by atoms with Gasteiger partial charge in [-0.2, -0.15) is 8.42 Å². The second-order valence-corrected chi connectivity index (χ2v) is 3.52. The van der Waals surface area contributed by atoms with Gasteiger partial charge in [0.05, 0.1) is 7.11 Å². The van der Waals surface area contributed by atoms with E-state index in [4.69, 9.17) is 0 Å². The maximum atomic E-state index is 12.8. The molecule has 0 aromatic heterocycles. The number of benzene rings is 1. The summed E-state index contributed by atoms with van der Waals surface area (Å²) in [6.07, 6.45) is 0.